The number of carbonyl (C=O) groups excluding carboxylic acids is 1. The van der Waals surface area contributed by atoms with Crippen LogP contribution in [0.2, 0.25) is 0 Å². The minimum absolute atomic E-state index is 0.318. The second-order valence-electron chi connectivity index (χ2n) is 5.61. The molecule has 0 fully saturated rings. The van der Waals surface area contributed by atoms with Crippen LogP contribution in [0.3, 0.4) is 0 Å². The maximum atomic E-state index is 13.4. The first kappa shape index (κ1) is 19.5. The summed E-state index contributed by atoms with van der Waals surface area (Å²) in [6.45, 7) is 1.18. The molecule has 0 radical (unpaired) electrons. The summed E-state index contributed by atoms with van der Waals surface area (Å²) in [4.78, 5) is 19.8. The first-order valence-corrected chi connectivity index (χ1v) is 9.30. The Labute approximate surface area is 159 Å². The highest BCUT2D eigenvalue weighted by Gasteiger charge is 2.58. The molecule has 144 valence electrons. The van der Waals surface area contributed by atoms with Gasteiger partial charge in [0.2, 0.25) is 5.60 Å². The van der Waals surface area contributed by atoms with Crippen molar-refractivity contribution in [2.75, 3.05) is 0 Å². The third kappa shape index (κ3) is 4.20. The number of aryl methyl sites for hydroxylation is 1. The number of ether oxygens (including phenoxy) is 1. The van der Waals surface area contributed by atoms with E-state index in [1.807, 2.05) is 0 Å². The third-order valence-corrected chi connectivity index (χ3v) is 5.52. The number of rotatable bonds is 6. The van der Waals surface area contributed by atoms with Gasteiger partial charge in [-0.25, -0.2) is 9.97 Å². The van der Waals surface area contributed by atoms with Crippen molar-refractivity contribution in [1.82, 2.24) is 9.97 Å². The molecule has 1 atom stereocenters. The number of thiazole rings is 2. The van der Waals surface area contributed by atoms with Gasteiger partial charge in [0.15, 0.2) is 10.8 Å². The van der Waals surface area contributed by atoms with Crippen LogP contribution in [-0.4, -0.2) is 27.2 Å². The van der Waals surface area contributed by atoms with Crippen molar-refractivity contribution in [3.63, 3.8) is 0 Å². The Bertz CT molecular complexity index is 920. The molecule has 0 saturated heterocycles. The summed E-state index contributed by atoms with van der Waals surface area (Å²) in [7, 11) is 0. The number of nitrogens with zero attached hydrogens (tertiary/aromatic N) is 2. The molecule has 3 heterocycles. The Balaban J connectivity index is 1.67. The highest BCUT2D eigenvalue weighted by molar-refractivity contribution is 7.13. The fraction of sp³-hybridized carbons (Fsp3) is 0.312. The van der Waals surface area contributed by atoms with E-state index in [4.69, 9.17) is 9.15 Å². The van der Waals surface area contributed by atoms with Crippen LogP contribution in [0.25, 0.3) is 10.8 Å². The number of furan rings is 1. The molecule has 3 rings (SSSR count). The molecule has 6 nitrogen and oxygen atoms in total. The van der Waals surface area contributed by atoms with Crippen LogP contribution in [-0.2, 0) is 21.7 Å². The molecule has 0 amide bonds. The fourth-order valence-electron chi connectivity index (χ4n) is 2.14. The predicted octanol–water partition coefficient (Wildman–Crippen LogP) is 4.05. The Hall–Kier alpha value is -2.24. The van der Waals surface area contributed by atoms with Crippen LogP contribution in [0.15, 0.2) is 33.6 Å². The average Bonchev–Trinajstić information content (AvgIpc) is 3.32. The number of hydrogen-bond acceptors (Lipinski definition) is 8. The molecule has 0 spiro atoms. The van der Waals surface area contributed by atoms with Crippen LogP contribution in [0.1, 0.15) is 22.8 Å². The first-order valence-electron chi connectivity index (χ1n) is 7.54. The normalized spacial score (nSPS) is 14.1. The van der Waals surface area contributed by atoms with Gasteiger partial charge in [-0.2, -0.15) is 13.2 Å². The molecule has 0 aromatic carbocycles. The van der Waals surface area contributed by atoms with Gasteiger partial charge in [0.25, 0.3) is 0 Å². The van der Waals surface area contributed by atoms with Crippen molar-refractivity contribution >= 4 is 28.6 Å². The van der Waals surface area contributed by atoms with E-state index in [1.165, 1.54) is 29.9 Å². The van der Waals surface area contributed by atoms with E-state index in [1.54, 1.807) is 17.5 Å². The van der Waals surface area contributed by atoms with Crippen LogP contribution in [0.4, 0.5) is 13.2 Å². The lowest BCUT2D eigenvalue weighted by Crippen LogP contribution is -2.44. The Morgan fingerprint density at radius 2 is 2.07 bits per heavy atom. The maximum absolute atomic E-state index is 13.4. The minimum atomic E-state index is -5.08. The van der Waals surface area contributed by atoms with Crippen molar-refractivity contribution in [1.29, 1.82) is 0 Å². The number of alkyl halides is 3. The number of aromatic nitrogens is 2. The lowest BCUT2D eigenvalue weighted by atomic mass is 10.00. The van der Waals surface area contributed by atoms with E-state index in [2.05, 4.69) is 9.97 Å². The van der Waals surface area contributed by atoms with Crippen molar-refractivity contribution in [3.8, 4) is 10.8 Å². The van der Waals surface area contributed by atoms with Gasteiger partial charge in [0.1, 0.15) is 11.6 Å². The topological polar surface area (TPSA) is 85.5 Å². The number of carbonyl (C=O) groups is 1. The summed E-state index contributed by atoms with van der Waals surface area (Å²) in [5.41, 5.74) is -2.72. The van der Waals surface area contributed by atoms with Gasteiger partial charge >= 0.3 is 12.1 Å². The zero-order valence-corrected chi connectivity index (χ0v) is 15.5. The lowest BCUT2D eigenvalue weighted by molar-refractivity contribution is -0.269. The monoisotopic (exact) mass is 418 g/mol. The van der Waals surface area contributed by atoms with Gasteiger partial charge in [-0.15, -0.1) is 22.7 Å². The van der Waals surface area contributed by atoms with Crippen LogP contribution in [0.5, 0.6) is 0 Å². The van der Waals surface area contributed by atoms with E-state index in [0.717, 1.165) is 0 Å². The molecule has 3 aromatic rings. The molecule has 3 aromatic heterocycles. The van der Waals surface area contributed by atoms with Gasteiger partial charge < -0.3 is 14.3 Å². The first-order chi connectivity index (χ1) is 12.7. The lowest BCUT2D eigenvalue weighted by Gasteiger charge is -2.27. The fourth-order valence-corrected chi connectivity index (χ4v) is 3.83. The number of aliphatic hydroxyl groups is 1. The molecule has 0 saturated carbocycles. The van der Waals surface area contributed by atoms with Crippen LogP contribution in [0, 0.1) is 6.92 Å². The molecular formula is C16H13F3N2O4S2. The summed E-state index contributed by atoms with van der Waals surface area (Å²) in [6, 6.07) is 3.39. The molecule has 1 N–H and O–H groups in total. The minimum Gasteiger partial charge on any atom is -0.462 e. The van der Waals surface area contributed by atoms with Gasteiger partial charge in [-0.3, -0.25) is 4.79 Å². The van der Waals surface area contributed by atoms with Crippen LogP contribution < -0.4 is 0 Å². The number of esters is 1. The highest BCUT2D eigenvalue weighted by Crippen LogP contribution is 2.43. The molecule has 11 heteroatoms. The SMILES string of the molecule is Cc1csc(C(O)(CC(=O)OCc2csc(-c3ccco3)n2)C(F)(F)F)n1. The Morgan fingerprint density at radius 3 is 2.67 bits per heavy atom. The van der Waals surface area contributed by atoms with Crippen molar-refractivity contribution in [3.05, 3.63) is 45.6 Å². The molecular weight excluding hydrogens is 405 g/mol. The summed E-state index contributed by atoms with van der Waals surface area (Å²) in [5.74, 6) is -0.682. The summed E-state index contributed by atoms with van der Waals surface area (Å²) in [6.07, 6.45) is -4.89. The van der Waals surface area contributed by atoms with Gasteiger partial charge in [-0.05, 0) is 19.1 Å². The molecule has 27 heavy (non-hydrogen) atoms. The predicted molar refractivity (Wildman–Crippen MR) is 91.0 cm³/mol. The van der Waals surface area contributed by atoms with Gasteiger partial charge in [0.05, 0.1) is 18.4 Å². The zero-order chi connectivity index (χ0) is 19.7. The Kier molecular flexibility index (Phi) is 5.36. The van der Waals surface area contributed by atoms with Gasteiger partial charge in [-0.1, -0.05) is 0 Å². The summed E-state index contributed by atoms with van der Waals surface area (Å²) in [5, 5.41) is 13.0. The van der Waals surface area contributed by atoms with Crippen LogP contribution >= 0.6 is 22.7 Å². The molecule has 0 aliphatic rings. The van der Waals surface area contributed by atoms with E-state index < -0.39 is 29.2 Å². The quantitative estimate of drug-likeness (QED) is 0.608. The number of hydrogen-bond donors (Lipinski definition) is 1. The standard InChI is InChI=1S/C16H13F3N2O4S2/c1-9-7-27-14(20-9)15(23,16(17,18)19)5-12(22)25-6-10-8-26-13(21-10)11-3-2-4-24-11/h2-4,7-8,23H,5-6H2,1H3. The molecule has 0 bridgehead atoms. The zero-order valence-electron chi connectivity index (χ0n) is 13.8. The molecule has 1 unspecified atom stereocenters. The molecule has 0 aliphatic carbocycles. The highest BCUT2D eigenvalue weighted by atomic mass is 32.1. The smallest absolute Gasteiger partial charge is 0.424 e. The van der Waals surface area contributed by atoms with E-state index in [-0.39, 0.29) is 6.61 Å². The largest absolute Gasteiger partial charge is 0.462 e. The summed E-state index contributed by atoms with van der Waals surface area (Å²) >= 11 is 1.87. The maximum Gasteiger partial charge on any atom is 0.424 e. The summed E-state index contributed by atoms with van der Waals surface area (Å²) < 4.78 is 50.2. The van der Waals surface area contributed by atoms with Crippen molar-refractivity contribution in [2.24, 2.45) is 0 Å². The van der Waals surface area contributed by atoms with Crippen molar-refractivity contribution in [2.45, 2.75) is 31.7 Å². The van der Waals surface area contributed by atoms with E-state index in [0.29, 0.717) is 33.5 Å². The van der Waals surface area contributed by atoms with Crippen molar-refractivity contribution < 1.29 is 32.2 Å². The van der Waals surface area contributed by atoms with E-state index >= 15 is 0 Å². The van der Waals surface area contributed by atoms with E-state index in [9.17, 15) is 23.1 Å². The average molecular weight is 418 g/mol. The van der Waals surface area contributed by atoms with Gasteiger partial charge in [0, 0.05) is 16.5 Å². The third-order valence-electron chi connectivity index (χ3n) is 3.51. The number of halogens is 3. The second-order valence-corrected chi connectivity index (χ2v) is 7.33. The molecule has 0 aliphatic heterocycles. The second kappa shape index (κ2) is 7.41. The Morgan fingerprint density at radius 1 is 1.30 bits per heavy atom.